The molecule has 1 aliphatic heterocycles. The number of hydrogen-bond acceptors (Lipinski definition) is 3. The van der Waals surface area contributed by atoms with Crippen LogP contribution in [0.25, 0.3) is 0 Å². The fraction of sp³-hybridized carbons (Fsp3) is 1.00. The van der Waals surface area contributed by atoms with Gasteiger partial charge >= 0.3 is 6.36 Å². The zero-order valence-corrected chi connectivity index (χ0v) is 12.0. The summed E-state index contributed by atoms with van der Waals surface area (Å²) in [6.45, 7) is 7.92. The van der Waals surface area contributed by atoms with E-state index in [2.05, 4.69) is 35.7 Å². The van der Waals surface area contributed by atoms with Gasteiger partial charge < -0.3 is 5.32 Å². The Kier molecular flexibility index (Phi) is 6.08. The first-order valence-electron chi connectivity index (χ1n) is 7.00. The van der Waals surface area contributed by atoms with Crippen LogP contribution < -0.4 is 5.32 Å². The summed E-state index contributed by atoms with van der Waals surface area (Å²) in [5, 5.41) is 3.49. The number of alkyl halides is 3. The minimum atomic E-state index is -4.53. The normalized spacial score (nSPS) is 29.7. The summed E-state index contributed by atoms with van der Waals surface area (Å²) in [7, 11) is 0. The molecule has 0 spiro atoms. The topological polar surface area (TPSA) is 24.5 Å². The number of nitrogens with zero attached hydrogens (tertiary/aromatic N) is 1. The van der Waals surface area contributed by atoms with Gasteiger partial charge in [-0.05, 0) is 19.8 Å². The van der Waals surface area contributed by atoms with Crippen LogP contribution in [0.1, 0.15) is 40.0 Å². The molecule has 2 unspecified atom stereocenters. The van der Waals surface area contributed by atoms with Crippen molar-refractivity contribution in [1.29, 1.82) is 0 Å². The number of nitrogens with one attached hydrogen (secondary N) is 1. The van der Waals surface area contributed by atoms with Crippen LogP contribution in [-0.2, 0) is 4.74 Å². The molecule has 0 aromatic carbocycles. The Labute approximate surface area is 113 Å². The second-order valence-corrected chi connectivity index (χ2v) is 5.46. The minimum Gasteiger partial charge on any atom is -0.311 e. The Morgan fingerprint density at radius 2 is 2.05 bits per heavy atom. The van der Waals surface area contributed by atoms with Crippen molar-refractivity contribution in [2.24, 2.45) is 0 Å². The SMILES string of the molecule is CCCC1CN(CCOC(F)(F)F)C(C)(CC)CN1. The Balaban J connectivity index is 2.52. The van der Waals surface area contributed by atoms with E-state index in [1.54, 1.807) is 0 Å². The molecule has 0 aromatic heterocycles. The summed E-state index contributed by atoms with van der Waals surface area (Å²) >= 11 is 0. The predicted molar refractivity (Wildman–Crippen MR) is 69.0 cm³/mol. The summed E-state index contributed by atoms with van der Waals surface area (Å²) < 4.78 is 40.0. The molecule has 114 valence electrons. The fourth-order valence-corrected chi connectivity index (χ4v) is 2.55. The Bertz CT molecular complexity index is 273. The largest absolute Gasteiger partial charge is 0.522 e. The quantitative estimate of drug-likeness (QED) is 0.810. The molecule has 0 bridgehead atoms. The highest BCUT2D eigenvalue weighted by Crippen LogP contribution is 2.24. The zero-order valence-electron chi connectivity index (χ0n) is 12.0. The van der Waals surface area contributed by atoms with Crippen molar-refractivity contribution in [3.05, 3.63) is 0 Å². The lowest BCUT2D eigenvalue weighted by molar-refractivity contribution is -0.325. The molecule has 0 amide bonds. The van der Waals surface area contributed by atoms with Gasteiger partial charge in [0.25, 0.3) is 0 Å². The third-order valence-corrected chi connectivity index (χ3v) is 4.00. The highest BCUT2D eigenvalue weighted by atomic mass is 19.4. The predicted octanol–water partition coefficient (Wildman–Crippen LogP) is 2.77. The van der Waals surface area contributed by atoms with E-state index in [0.717, 1.165) is 32.4 Å². The van der Waals surface area contributed by atoms with Crippen molar-refractivity contribution >= 4 is 0 Å². The number of ether oxygens (including phenoxy) is 1. The number of piperazine rings is 1. The molecule has 0 aromatic rings. The maximum atomic E-state index is 12.0. The lowest BCUT2D eigenvalue weighted by atomic mass is 9.91. The molecule has 3 nitrogen and oxygen atoms in total. The van der Waals surface area contributed by atoms with E-state index in [9.17, 15) is 13.2 Å². The van der Waals surface area contributed by atoms with E-state index in [-0.39, 0.29) is 12.1 Å². The summed E-state index contributed by atoms with van der Waals surface area (Å²) in [5.74, 6) is 0. The van der Waals surface area contributed by atoms with Gasteiger partial charge in [0.1, 0.15) is 0 Å². The van der Waals surface area contributed by atoms with Crippen LogP contribution in [0.3, 0.4) is 0 Å². The molecule has 1 rings (SSSR count). The second-order valence-electron chi connectivity index (χ2n) is 5.46. The zero-order chi connectivity index (χ0) is 14.5. The molecule has 0 radical (unpaired) electrons. The monoisotopic (exact) mass is 282 g/mol. The van der Waals surface area contributed by atoms with Crippen LogP contribution in [0.4, 0.5) is 13.2 Å². The summed E-state index contributed by atoms with van der Waals surface area (Å²) in [4.78, 5) is 2.13. The van der Waals surface area contributed by atoms with Gasteiger partial charge in [0.05, 0.1) is 6.61 Å². The highest BCUT2D eigenvalue weighted by Gasteiger charge is 2.36. The van der Waals surface area contributed by atoms with Gasteiger partial charge in [-0.2, -0.15) is 0 Å². The Morgan fingerprint density at radius 3 is 2.58 bits per heavy atom. The lowest BCUT2D eigenvalue weighted by Gasteiger charge is -2.48. The molecule has 0 saturated carbocycles. The van der Waals surface area contributed by atoms with Crippen LogP contribution in [0.2, 0.25) is 0 Å². The highest BCUT2D eigenvalue weighted by molar-refractivity contribution is 4.94. The molecule has 6 heteroatoms. The molecule has 1 heterocycles. The van der Waals surface area contributed by atoms with E-state index < -0.39 is 6.36 Å². The molecule has 0 aliphatic carbocycles. The van der Waals surface area contributed by atoms with Crippen LogP contribution in [0.5, 0.6) is 0 Å². The first-order chi connectivity index (χ1) is 8.80. The second kappa shape index (κ2) is 6.90. The maximum absolute atomic E-state index is 12.0. The third kappa shape index (κ3) is 5.28. The average Bonchev–Trinajstić information content (AvgIpc) is 2.32. The summed E-state index contributed by atoms with van der Waals surface area (Å²) in [6, 6.07) is 0.371. The Hall–Kier alpha value is -0.330. The Morgan fingerprint density at radius 1 is 1.37 bits per heavy atom. The lowest BCUT2D eigenvalue weighted by Crippen LogP contribution is -2.63. The van der Waals surface area contributed by atoms with E-state index in [1.165, 1.54) is 0 Å². The van der Waals surface area contributed by atoms with Crippen molar-refractivity contribution in [2.75, 3.05) is 26.2 Å². The molecular formula is C13H25F3N2O. The van der Waals surface area contributed by atoms with Gasteiger partial charge in [0.15, 0.2) is 0 Å². The maximum Gasteiger partial charge on any atom is 0.522 e. The van der Waals surface area contributed by atoms with E-state index >= 15 is 0 Å². The van der Waals surface area contributed by atoms with Crippen molar-refractivity contribution in [2.45, 2.75) is 58.0 Å². The van der Waals surface area contributed by atoms with Gasteiger partial charge in [-0.15, -0.1) is 13.2 Å². The van der Waals surface area contributed by atoms with Gasteiger partial charge in [-0.25, -0.2) is 0 Å². The van der Waals surface area contributed by atoms with Crippen molar-refractivity contribution in [1.82, 2.24) is 10.2 Å². The number of halogens is 3. The first-order valence-corrected chi connectivity index (χ1v) is 7.00. The summed E-state index contributed by atoms with van der Waals surface area (Å²) in [5.41, 5.74) is -0.0841. The molecule has 1 N–H and O–H groups in total. The van der Waals surface area contributed by atoms with Crippen LogP contribution in [-0.4, -0.2) is 49.1 Å². The van der Waals surface area contributed by atoms with Crippen molar-refractivity contribution in [3.8, 4) is 0 Å². The smallest absolute Gasteiger partial charge is 0.311 e. The van der Waals surface area contributed by atoms with Crippen LogP contribution in [0.15, 0.2) is 0 Å². The molecular weight excluding hydrogens is 257 g/mol. The number of rotatable bonds is 6. The van der Waals surface area contributed by atoms with Gasteiger partial charge in [-0.1, -0.05) is 20.3 Å². The van der Waals surface area contributed by atoms with Crippen molar-refractivity contribution < 1.29 is 17.9 Å². The summed E-state index contributed by atoms with van der Waals surface area (Å²) in [6.07, 6.45) is -1.49. The molecule has 1 fully saturated rings. The van der Waals surface area contributed by atoms with E-state index in [0.29, 0.717) is 12.6 Å². The van der Waals surface area contributed by atoms with E-state index in [1.807, 2.05) is 0 Å². The number of hydrogen-bond donors (Lipinski definition) is 1. The first kappa shape index (κ1) is 16.7. The molecule has 19 heavy (non-hydrogen) atoms. The van der Waals surface area contributed by atoms with E-state index in [4.69, 9.17) is 0 Å². The third-order valence-electron chi connectivity index (χ3n) is 4.00. The van der Waals surface area contributed by atoms with Crippen LogP contribution in [0, 0.1) is 0 Å². The van der Waals surface area contributed by atoms with Crippen molar-refractivity contribution in [3.63, 3.8) is 0 Å². The molecule has 1 saturated heterocycles. The molecule has 2 atom stereocenters. The molecule has 1 aliphatic rings. The average molecular weight is 282 g/mol. The van der Waals surface area contributed by atoms with Gasteiger partial charge in [0, 0.05) is 31.2 Å². The standard InChI is InChI=1S/C13H25F3N2O/c1-4-6-11-9-18(7-8-19-13(14,15)16)12(3,5-2)10-17-11/h11,17H,4-10H2,1-3H3. The minimum absolute atomic E-state index is 0.0841. The van der Waals surface area contributed by atoms with Gasteiger partial charge in [-0.3, -0.25) is 9.64 Å². The van der Waals surface area contributed by atoms with Crippen LogP contribution >= 0.6 is 0 Å². The van der Waals surface area contributed by atoms with Gasteiger partial charge in [0.2, 0.25) is 0 Å². The fourth-order valence-electron chi connectivity index (χ4n) is 2.55.